The molecule has 1 aliphatic heterocycles. The molecule has 1 aliphatic rings. The molecule has 0 radical (unpaired) electrons. The summed E-state index contributed by atoms with van der Waals surface area (Å²) in [5.74, 6) is 0.0242. The molecule has 16 heavy (non-hydrogen) atoms. The SMILES string of the molecule is CC1(CCC(=O)O)Cc2cc(Cl)ccc2O1. The van der Waals surface area contributed by atoms with Gasteiger partial charge in [-0.3, -0.25) is 4.79 Å². The van der Waals surface area contributed by atoms with Crippen LogP contribution in [0.4, 0.5) is 0 Å². The van der Waals surface area contributed by atoms with Crippen LogP contribution in [0.1, 0.15) is 25.3 Å². The number of aliphatic carboxylic acids is 1. The monoisotopic (exact) mass is 240 g/mol. The van der Waals surface area contributed by atoms with E-state index in [2.05, 4.69) is 0 Å². The van der Waals surface area contributed by atoms with E-state index in [-0.39, 0.29) is 6.42 Å². The van der Waals surface area contributed by atoms with Gasteiger partial charge in [-0.25, -0.2) is 0 Å². The van der Waals surface area contributed by atoms with E-state index in [9.17, 15) is 4.79 Å². The number of carboxylic acids is 1. The maximum Gasteiger partial charge on any atom is 0.303 e. The second kappa shape index (κ2) is 3.98. The Morgan fingerprint density at radius 1 is 1.62 bits per heavy atom. The molecule has 2 rings (SSSR count). The lowest BCUT2D eigenvalue weighted by atomic mass is 9.94. The van der Waals surface area contributed by atoms with Crippen LogP contribution < -0.4 is 4.74 Å². The zero-order chi connectivity index (χ0) is 11.8. The third-order valence-corrected chi connectivity index (χ3v) is 3.05. The van der Waals surface area contributed by atoms with Crippen LogP contribution in [-0.4, -0.2) is 16.7 Å². The van der Waals surface area contributed by atoms with E-state index in [1.54, 1.807) is 6.07 Å². The van der Waals surface area contributed by atoms with Crippen molar-refractivity contribution in [1.29, 1.82) is 0 Å². The molecular weight excluding hydrogens is 228 g/mol. The van der Waals surface area contributed by atoms with E-state index in [4.69, 9.17) is 21.4 Å². The summed E-state index contributed by atoms with van der Waals surface area (Å²) in [4.78, 5) is 10.5. The molecule has 0 spiro atoms. The predicted molar refractivity (Wildman–Crippen MR) is 61.1 cm³/mol. The van der Waals surface area contributed by atoms with E-state index in [0.29, 0.717) is 11.4 Å². The molecule has 0 aliphatic carbocycles. The minimum Gasteiger partial charge on any atom is -0.487 e. The van der Waals surface area contributed by atoms with Gasteiger partial charge in [-0.1, -0.05) is 11.6 Å². The standard InChI is InChI=1S/C12H13ClO3/c1-12(5-4-11(14)15)7-8-6-9(13)2-3-10(8)16-12/h2-3,6H,4-5,7H2,1H3,(H,14,15). The Bertz CT molecular complexity index is 430. The van der Waals surface area contributed by atoms with Gasteiger partial charge in [-0.05, 0) is 37.1 Å². The summed E-state index contributed by atoms with van der Waals surface area (Å²) in [6.07, 6.45) is 1.35. The van der Waals surface area contributed by atoms with E-state index in [0.717, 1.165) is 17.7 Å². The molecule has 86 valence electrons. The molecule has 4 heteroatoms. The van der Waals surface area contributed by atoms with E-state index < -0.39 is 11.6 Å². The van der Waals surface area contributed by atoms with Gasteiger partial charge in [0.1, 0.15) is 11.4 Å². The maximum atomic E-state index is 10.5. The van der Waals surface area contributed by atoms with Gasteiger partial charge in [-0.2, -0.15) is 0 Å². The Morgan fingerprint density at radius 3 is 3.06 bits per heavy atom. The molecule has 0 fully saturated rings. The highest BCUT2D eigenvalue weighted by atomic mass is 35.5. The molecule has 0 saturated carbocycles. The van der Waals surface area contributed by atoms with Crippen molar-refractivity contribution in [2.45, 2.75) is 31.8 Å². The van der Waals surface area contributed by atoms with Gasteiger partial charge in [-0.15, -0.1) is 0 Å². The van der Waals surface area contributed by atoms with Gasteiger partial charge < -0.3 is 9.84 Å². The van der Waals surface area contributed by atoms with Crippen molar-refractivity contribution in [3.63, 3.8) is 0 Å². The lowest BCUT2D eigenvalue weighted by Crippen LogP contribution is -2.30. The first-order chi connectivity index (χ1) is 7.48. The summed E-state index contributed by atoms with van der Waals surface area (Å²) in [5, 5.41) is 9.36. The molecule has 1 N–H and O–H groups in total. The first-order valence-electron chi connectivity index (χ1n) is 5.18. The molecule has 0 amide bonds. The Labute approximate surface area is 99.0 Å². The van der Waals surface area contributed by atoms with Crippen LogP contribution in [-0.2, 0) is 11.2 Å². The van der Waals surface area contributed by atoms with Gasteiger partial charge in [0, 0.05) is 17.9 Å². The second-order valence-corrected chi connectivity index (χ2v) is 4.81. The average molecular weight is 241 g/mol. The zero-order valence-electron chi connectivity index (χ0n) is 9.00. The Balaban J connectivity index is 2.11. The average Bonchev–Trinajstić information content (AvgIpc) is 2.51. The van der Waals surface area contributed by atoms with Crippen molar-refractivity contribution in [3.05, 3.63) is 28.8 Å². The summed E-state index contributed by atoms with van der Waals surface area (Å²) < 4.78 is 5.78. The molecule has 3 nitrogen and oxygen atoms in total. The first kappa shape index (κ1) is 11.3. The third kappa shape index (κ3) is 2.30. The van der Waals surface area contributed by atoms with Gasteiger partial charge in [0.25, 0.3) is 0 Å². The number of benzene rings is 1. The topological polar surface area (TPSA) is 46.5 Å². The van der Waals surface area contributed by atoms with Crippen LogP contribution in [0.3, 0.4) is 0 Å². The zero-order valence-corrected chi connectivity index (χ0v) is 9.75. The summed E-state index contributed by atoms with van der Waals surface area (Å²) in [5.41, 5.74) is 0.645. The second-order valence-electron chi connectivity index (χ2n) is 4.37. The smallest absolute Gasteiger partial charge is 0.303 e. The predicted octanol–water partition coefficient (Wildman–Crippen LogP) is 2.90. The van der Waals surface area contributed by atoms with Crippen molar-refractivity contribution in [2.75, 3.05) is 0 Å². The van der Waals surface area contributed by atoms with Crippen LogP contribution in [0.15, 0.2) is 18.2 Å². The summed E-state index contributed by atoms with van der Waals surface area (Å²) >= 11 is 5.89. The molecule has 1 unspecified atom stereocenters. The fraction of sp³-hybridized carbons (Fsp3) is 0.417. The normalized spacial score (nSPS) is 22.6. The van der Waals surface area contributed by atoms with E-state index in [1.165, 1.54) is 0 Å². The molecule has 0 bridgehead atoms. The molecule has 0 aromatic heterocycles. The van der Waals surface area contributed by atoms with Crippen LogP contribution in [0.2, 0.25) is 5.02 Å². The number of rotatable bonds is 3. The largest absolute Gasteiger partial charge is 0.487 e. The van der Waals surface area contributed by atoms with Gasteiger partial charge in [0.15, 0.2) is 0 Å². The lowest BCUT2D eigenvalue weighted by Gasteiger charge is -2.22. The highest BCUT2D eigenvalue weighted by Crippen LogP contribution is 2.38. The quantitative estimate of drug-likeness (QED) is 0.884. The minimum absolute atomic E-state index is 0.123. The number of carboxylic acid groups (broad SMARTS) is 1. The molecule has 1 aromatic carbocycles. The van der Waals surface area contributed by atoms with Crippen LogP contribution >= 0.6 is 11.6 Å². The van der Waals surface area contributed by atoms with Crippen molar-refractivity contribution in [2.24, 2.45) is 0 Å². The molecule has 1 atom stereocenters. The minimum atomic E-state index is -0.793. The summed E-state index contributed by atoms with van der Waals surface area (Å²) in [7, 11) is 0. The van der Waals surface area contributed by atoms with Gasteiger partial charge in [0.2, 0.25) is 0 Å². The molecular formula is C12H13ClO3. The number of ether oxygens (including phenoxy) is 1. The van der Waals surface area contributed by atoms with Crippen molar-refractivity contribution < 1.29 is 14.6 Å². The number of carbonyl (C=O) groups is 1. The maximum absolute atomic E-state index is 10.5. The lowest BCUT2D eigenvalue weighted by molar-refractivity contribution is -0.138. The Kier molecular flexibility index (Phi) is 2.80. The molecule has 1 heterocycles. The van der Waals surface area contributed by atoms with Crippen molar-refractivity contribution in [1.82, 2.24) is 0 Å². The Morgan fingerprint density at radius 2 is 2.38 bits per heavy atom. The first-order valence-corrected chi connectivity index (χ1v) is 5.56. The van der Waals surface area contributed by atoms with Crippen LogP contribution in [0.25, 0.3) is 0 Å². The molecule has 1 aromatic rings. The summed E-state index contributed by atoms with van der Waals surface area (Å²) in [6, 6.07) is 5.50. The highest BCUT2D eigenvalue weighted by molar-refractivity contribution is 6.30. The van der Waals surface area contributed by atoms with Crippen LogP contribution in [0.5, 0.6) is 5.75 Å². The highest BCUT2D eigenvalue weighted by Gasteiger charge is 2.34. The van der Waals surface area contributed by atoms with E-state index in [1.807, 2.05) is 19.1 Å². The number of hydrogen-bond donors (Lipinski definition) is 1. The summed E-state index contributed by atoms with van der Waals surface area (Å²) in [6.45, 7) is 1.93. The fourth-order valence-electron chi connectivity index (χ4n) is 2.00. The number of halogens is 1. The molecule has 0 saturated heterocycles. The van der Waals surface area contributed by atoms with Crippen LogP contribution in [0, 0.1) is 0 Å². The third-order valence-electron chi connectivity index (χ3n) is 2.81. The van der Waals surface area contributed by atoms with E-state index >= 15 is 0 Å². The van der Waals surface area contributed by atoms with Gasteiger partial charge >= 0.3 is 5.97 Å². The number of fused-ring (bicyclic) bond motifs is 1. The number of hydrogen-bond acceptors (Lipinski definition) is 2. The van der Waals surface area contributed by atoms with Crippen molar-refractivity contribution in [3.8, 4) is 5.75 Å². The fourth-order valence-corrected chi connectivity index (χ4v) is 2.20. The Hall–Kier alpha value is -1.22. The van der Waals surface area contributed by atoms with Crippen molar-refractivity contribution >= 4 is 17.6 Å². The van der Waals surface area contributed by atoms with Gasteiger partial charge in [0.05, 0.1) is 0 Å².